The number of nitriles is 1. The van der Waals surface area contributed by atoms with E-state index < -0.39 is 9.84 Å². The fourth-order valence-electron chi connectivity index (χ4n) is 2.97. The third-order valence-electron chi connectivity index (χ3n) is 4.08. The number of sulfone groups is 1. The lowest BCUT2D eigenvalue weighted by molar-refractivity contribution is 0.601. The zero-order chi connectivity index (χ0) is 18.2. The summed E-state index contributed by atoms with van der Waals surface area (Å²) in [7, 11) is -1.91. The van der Waals surface area contributed by atoms with E-state index in [2.05, 4.69) is 16.5 Å². The maximum absolute atomic E-state index is 12.5. The highest BCUT2D eigenvalue weighted by molar-refractivity contribution is 7.91. The van der Waals surface area contributed by atoms with E-state index in [1.54, 1.807) is 29.8 Å². The van der Waals surface area contributed by atoms with Gasteiger partial charge in [-0.1, -0.05) is 19.1 Å². The van der Waals surface area contributed by atoms with Gasteiger partial charge in [-0.25, -0.2) is 12.9 Å². The second-order valence-corrected chi connectivity index (χ2v) is 7.70. The van der Waals surface area contributed by atoms with Crippen LogP contribution in [0.3, 0.4) is 0 Å². The Labute approximate surface area is 146 Å². The Balaban J connectivity index is 2.53. The van der Waals surface area contributed by atoms with Crippen molar-refractivity contribution in [3.63, 3.8) is 0 Å². The van der Waals surface area contributed by atoms with Gasteiger partial charge in [0.2, 0.25) is 0 Å². The minimum atomic E-state index is -3.55. The zero-order valence-electron chi connectivity index (χ0n) is 14.2. The summed E-state index contributed by atoms with van der Waals surface area (Å²) in [4.78, 5) is 0.137. The van der Waals surface area contributed by atoms with Crippen molar-refractivity contribution in [1.29, 1.82) is 5.26 Å². The molecule has 6 nitrogen and oxygen atoms in total. The number of anilines is 1. The Kier molecular flexibility index (Phi) is 4.23. The molecule has 0 unspecified atom stereocenters. The molecule has 2 heterocycles. The lowest BCUT2D eigenvalue weighted by atomic mass is 10.0. The van der Waals surface area contributed by atoms with Gasteiger partial charge in [-0.3, -0.25) is 0 Å². The normalized spacial score (nSPS) is 11.4. The molecule has 7 heteroatoms. The Morgan fingerprint density at radius 2 is 2.04 bits per heavy atom. The van der Waals surface area contributed by atoms with Gasteiger partial charge in [0.1, 0.15) is 4.90 Å². The van der Waals surface area contributed by atoms with Gasteiger partial charge in [-0.15, -0.1) is 5.10 Å². The summed E-state index contributed by atoms with van der Waals surface area (Å²) >= 11 is 0. The van der Waals surface area contributed by atoms with E-state index >= 15 is 0 Å². The Morgan fingerprint density at radius 3 is 2.64 bits per heavy atom. The van der Waals surface area contributed by atoms with Crippen LogP contribution in [0.4, 0.5) is 5.82 Å². The first-order valence-electron chi connectivity index (χ1n) is 7.83. The number of benzene rings is 1. The minimum Gasteiger partial charge on any atom is -0.371 e. The largest absolute Gasteiger partial charge is 0.371 e. The first kappa shape index (κ1) is 17.0. The van der Waals surface area contributed by atoms with Crippen LogP contribution in [0.2, 0.25) is 0 Å². The molecule has 0 bridgehead atoms. The summed E-state index contributed by atoms with van der Waals surface area (Å²) in [5.41, 5.74) is 3.37. The molecule has 3 aromatic rings. The predicted octanol–water partition coefficient (Wildman–Crippen LogP) is 2.88. The van der Waals surface area contributed by atoms with Crippen molar-refractivity contribution >= 4 is 21.2 Å². The first-order valence-corrected chi connectivity index (χ1v) is 9.72. The molecule has 0 atom stereocenters. The average molecular weight is 354 g/mol. The van der Waals surface area contributed by atoms with Crippen LogP contribution in [0.1, 0.15) is 18.2 Å². The molecule has 2 aromatic heterocycles. The summed E-state index contributed by atoms with van der Waals surface area (Å²) < 4.78 is 26.8. The van der Waals surface area contributed by atoms with Crippen LogP contribution in [0.15, 0.2) is 41.3 Å². The van der Waals surface area contributed by atoms with Crippen LogP contribution in [-0.4, -0.2) is 31.3 Å². The molecule has 0 radical (unpaired) electrons. The molecule has 0 spiro atoms. The third-order valence-corrected chi connectivity index (χ3v) is 5.22. The van der Waals surface area contributed by atoms with E-state index in [0.717, 1.165) is 12.1 Å². The lowest BCUT2D eigenvalue weighted by Crippen LogP contribution is -2.11. The monoisotopic (exact) mass is 354 g/mol. The van der Waals surface area contributed by atoms with Gasteiger partial charge in [0, 0.05) is 24.6 Å². The maximum atomic E-state index is 12.5. The molecule has 1 N–H and O–H groups in total. The minimum absolute atomic E-state index is 0.137. The first-order chi connectivity index (χ1) is 11.9. The molecule has 0 fully saturated rings. The van der Waals surface area contributed by atoms with Crippen LogP contribution in [0.25, 0.3) is 16.6 Å². The van der Waals surface area contributed by atoms with Crippen LogP contribution in [0, 0.1) is 11.3 Å². The third kappa shape index (κ3) is 2.85. The summed E-state index contributed by atoms with van der Waals surface area (Å²) in [5, 5.41) is 16.6. The number of nitrogens with one attached hydrogen (secondary N) is 1. The van der Waals surface area contributed by atoms with Crippen molar-refractivity contribution in [2.45, 2.75) is 18.2 Å². The van der Waals surface area contributed by atoms with Gasteiger partial charge < -0.3 is 5.32 Å². The number of hydrogen-bond acceptors (Lipinski definition) is 5. The van der Waals surface area contributed by atoms with E-state index in [4.69, 9.17) is 0 Å². The molecule has 0 aliphatic heterocycles. The van der Waals surface area contributed by atoms with E-state index in [-0.39, 0.29) is 4.90 Å². The molecule has 3 rings (SSSR count). The number of hydrogen-bond donors (Lipinski definition) is 1. The molecular formula is C18H18N4O2S. The summed E-state index contributed by atoms with van der Waals surface area (Å²) in [6.45, 7) is 2.02. The Hall–Kier alpha value is -2.85. The van der Waals surface area contributed by atoms with Gasteiger partial charge in [-0.2, -0.15) is 5.26 Å². The molecule has 1 aromatic carbocycles. The van der Waals surface area contributed by atoms with Gasteiger partial charge >= 0.3 is 0 Å². The molecule has 0 saturated carbocycles. The van der Waals surface area contributed by atoms with Crippen LogP contribution in [0.5, 0.6) is 0 Å². The van der Waals surface area contributed by atoms with E-state index in [1.807, 2.05) is 25.1 Å². The molecule has 0 aliphatic carbocycles. The van der Waals surface area contributed by atoms with Gasteiger partial charge in [0.05, 0.1) is 17.1 Å². The summed E-state index contributed by atoms with van der Waals surface area (Å²) in [5.74, 6) is 0.290. The SMILES string of the molecule is CCc1ccc2c(-c3cccc(C#N)c3)c(S(C)(=O)=O)c(NC)nn12. The van der Waals surface area contributed by atoms with Crippen molar-refractivity contribution in [3.05, 3.63) is 47.7 Å². The molecule has 0 aliphatic rings. The van der Waals surface area contributed by atoms with Crippen molar-refractivity contribution in [1.82, 2.24) is 9.61 Å². The van der Waals surface area contributed by atoms with Crippen molar-refractivity contribution in [2.75, 3.05) is 18.6 Å². The molecule has 25 heavy (non-hydrogen) atoms. The lowest BCUT2D eigenvalue weighted by Gasteiger charge is -2.16. The summed E-state index contributed by atoms with van der Waals surface area (Å²) in [6.07, 6.45) is 1.93. The highest BCUT2D eigenvalue weighted by Crippen LogP contribution is 2.36. The topological polar surface area (TPSA) is 87.3 Å². The smallest absolute Gasteiger partial charge is 0.179 e. The highest BCUT2D eigenvalue weighted by atomic mass is 32.2. The zero-order valence-corrected chi connectivity index (χ0v) is 15.1. The average Bonchev–Trinajstić information content (AvgIpc) is 3.01. The number of aromatic nitrogens is 2. The predicted molar refractivity (Wildman–Crippen MR) is 97.4 cm³/mol. The second kappa shape index (κ2) is 6.22. The van der Waals surface area contributed by atoms with Crippen LogP contribution < -0.4 is 5.32 Å². The van der Waals surface area contributed by atoms with Crippen molar-refractivity contribution in [2.24, 2.45) is 0 Å². The van der Waals surface area contributed by atoms with Crippen LogP contribution >= 0.6 is 0 Å². The number of nitrogens with zero attached hydrogens (tertiary/aromatic N) is 3. The van der Waals surface area contributed by atoms with Gasteiger partial charge in [-0.05, 0) is 36.2 Å². The fraction of sp³-hybridized carbons (Fsp3) is 0.222. The number of rotatable bonds is 4. The van der Waals surface area contributed by atoms with E-state index in [1.165, 1.54) is 6.26 Å². The quantitative estimate of drug-likeness (QED) is 0.778. The molecule has 0 saturated heterocycles. The van der Waals surface area contributed by atoms with Crippen LogP contribution in [-0.2, 0) is 16.3 Å². The summed E-state index contributed by atoms with van der Waals surface area (Å²) in [6, 6.07) is 12.9. The van der Waals surface area contributed by atoms with Crippen molar-refractivity contribution < 1.29 is 8.42 Å². The maximum Gasteiger partial charge on any atom is 0.179 e. The number of fused-ring (bicyclic) bond motifs is 1. The fourth-order valence-corrected chi connectivity index (χ4v) is 4.06. The van der Waals surface area contributed by atoms with Gasteiger partial charge in [0.15, 0.2) is 15.7 Å². The van der Waals surface area contributed by atoms with E-state index in [0.29, 0.717) is 28.0 Å². The van der Waals surface area contributed by atoms with Gasteiger partial charge in [0.25, 0.3) is 0 Å². The highest BCUT2D eigenvalue weighted by Gasteiger charge is 2.25. The molecule has 0 amide bonds. The van der Waals surface area contributed by atoms with E-state index in [9.17, 15) is 13.7 Å². The Morgan fingerprint density at radius 1 is 1.28 bits per heavy atom. The van der Waals surface area contributed by atoms with Crippen molar-refractivity contribution in [3.8, 4) is 17.2 Å². The standard InChI is InChI=1S/C18H18N4O2S/c1-4-14-8-9-15-16(13-7-5-6-12(10-13)11-19)17(25(3,23)24)18(20-2)21-22(14)15/h5-10H,4H2,1-3H3,(H,20,21). The Bertz CT molecular complexity index is 1110. The number of aryl methyl sites for hydroxylation is 1. The second-order valence-electron chi connectivity index (χ2n) is 5.74. The molecule has 128 valence electrons. The molecular weight excluding hydrogens is 336 g/mol.